The second-order valence-electron chi connectivity index (χ2n) is 5.31. The maximum absolute atomic E-state index is 12.1. The van der Waals surface area contributed by atoms with Gasteiger partial charge in [-0.25, -0.2) is 0 Å². The molecule has 4 N–H and O–H groups in total. The van der Waals surface area contributed by atoms with Crippen LogP contribution in [-0.4, -0.2) is 23.5 Å². The van der Waals surface area contributed by atoms with Gasteiger partial charge in [0.05, 0.1) is 0 Å². The summed E-state index contributed by atoms with van der Waals surface area (Å²) in [5, 5.41) is 4.12. The van der Waals surface area contributed by atoms with Gasteiger partial charge in [-0.1, -0.05) is 18.2 Å². The first-order valence-corrected chi connectivity index (χ1v) is 6.81. The van der Waals surface area contributed by atoms with E-state index < -0.39 is 0 Å². The smallest absolute Gasteiger partial charge is 0.267 e. The SMILES string of the molecule is Cl.NC(CNC(=O)c1cc2ccccc2c(=O)[nH]1)C1CC1. The number of H-pyrrole nitrogens is 1. The van der Waals surface area contributed by atoms with Crippen molar-refractivity contribution in [1.82, 2.24) is 10.3 Å². The van der Waals surface area contributed by atoms with Crippen LogP contribution < -0.4 is 16.6 Å². The molecule has 1 amide bonds. The largest absolute Gasteiger partial charge is 0.349 e. The van der Waals surface area contributed by atoms with Crippen LogP contribution in [0, 0.1) is 5.92 Å². The summed E-state index contributed by atoms with van der Waals surface area (Å²) in [6.07, 6.45) is 2.29. The van der Waals surface area contributed by atoms with Gasteiger partial charge in [-0.05, 0) is 36.3 Å². The normalized spacial score (nSPS) is 15.3. The van der Waals surface area contributed by atoms with Gasteiger partial charge in [-0.3, -0.25) is 9.59 Å². The highest BCUT2D eigenvalue weighted by molar-refractivity contribution is 5.96. The molecule has 1 unspecified atom stereocenters. The summed E-state index contributed by atoms with van der Waals surface area (Å²) in [5.74, 6) is 0.245. The molecular weight excluding hydrogens is 290 g/mol. The number of nitrogens with one attached hydrogen (secondary N) is 2. The Labute approximate surface area is 128 Å². The van der Waals surface area contributed by atoms with Gasteiger partial charge in [0.25, 0.3) is 11.5 Å². The van der Waals surface area contributed by atoms with E-state index in [0.717, 1.165) is 18.2 Å². The molecule has 5 nitrogen and oxygen atoms in total. The van der Waals surface area contributed by atoms with Crippen molar-refractivity contribution in [2.75, 3.05) is 6.54 Å². The molecule has 0 radical (unpaired) electrons. The first-order valence-electron chi connectivity index (χ1n) is 6.81. The van der Waals surface area contributed by atoms with Crippen LogP contribution >= 0.6 is 12.4 Å². The second-order valence-corrected chi connectivity index (χ2v) is 5.31. The minimum Gasteiger partial charge on any atom is -0.349 e. The Balaban J connectivity index is 0.00000161. The van der Waals surface area contributed by atoms with Gasteiger partial charge < -0.3 is 16.0 Å². The first kappa shape index (κ1) is 15.5. The van der Waals surface area contributed by atoms with Crippen LogP contribution in [0.25, 0.3) is 10.8 Å². The monoisotopic (exact) mass is 307 g/mol. The van der Waals surface area contributed by atoms with Crippen molar-refractivity contribution < 1.29 is 4.79 Å². The van der Waals surface area contributed by atoms with Gasteiger partial charge in [-0.2, -0.15) is 0 Å². The molecule has 1 saturated carbocycles. The number of aromatic nitrogens is 1. The maximum Gasteiger partial charge on any atom is 0.267 e. The van der Waals surface area contributed by atoms with Gasteiger partial charge in [0.1, 0.15) is 5.69 Å². The molecule has 0 bridgehead atoms. The van der Waals surface area contributed by atoms with Gasteiger partial charge >= 0.3 is 0 Å². The van der Waals surface area contributed by atoms with Gasteiger partial charge in [0.2, 0.25) is 0 Å². The minimum atomic E-state index is -0.288. The predicted molar refractivity (Wildman–Crippen MR) is 84.8 cm³/mol. The van der Waals surface area contributed by atoms with E-state index in [-0.39, 0.29) is 35.6 Å². The van der Waals surface area contributed by atoms with E-state index in [0.29, 0.717) is 17.8 Å². The van der Waals surface area contributed by atoms with Gasteiger partial charge in [0.15, 0.2) is 0 Å². The summed E-state index contributed by atoms with van der Waals surface area (Å²) < 4.78 is 0. The zero-order chi connectivity index (χ0) is 14.1. The minimum absolute atomic E-state index is 0. The molecular formula is C15H18ClN3O2. The summed E-state index contributed by atoms with van der Waals surface area (Å²) >= 11 is 0. The number of fused-ring (bicyclic) bond motifs is 1. The van der Waals surface area contributed by atoms with E-state index in [1.165, 1.54) is 0 Å². The Bertz CT molecular complexity index is 709. The molecule has 112 valence electrons. The standard InChI is InChI=1S/C15H17N3O2.ClH/c16-12(9-5-6-9)8-17-15(20)13-7-10-3-1-2-4-11(10)14(19)18-13;/h1-4,7,9,12H,5-6,8,16H2,(H,17,20)(H,18,19);1H. The van der Waals surface area contributed by atoms with Crippen molar-refractivity contribution >= 4 is 29.1 Å². The molecule has 2 aromatic rings. The average molecular weight is 308 g/mol. The summed E-state index contributed by atoms with van der Waals surface area (Å²) in [6.45, 7) is 0.443. The molecule has 1 aliphatic carbocycles. The number of pyridine rings is 1. The molecule has 1 fully saturated rings. The van der Waals surface area contributed by atoms with Crippen LogP contribution in [0.2, 0.25) is 0 Å². The zero-order valence-corrected chi connectivity index (χ0v) is 12.3. The number of carbonyl (C=O) groups is 1. The van der Waals surface area contributed by atoms with Gasteiger partial charge in [-0.15, -0.1) is 12.4 Å². The third-order valence-corrected chi connectivity index (χ3v) is 3.72. The summed E-state index contributed by atoms with van der Waals surface area (Å²) in [7, 11) is 0. The quantitative estimate of drug-likeness (QED) is 0.798. The van der Waals surface area contributed by atoms with E-state index in [9.17, 15) is 9.59 Å². The van der Waals surface area contributed by atoms with Crippen LogP contribution in [0.1, 0.15) is 23.3 Å². The number of rotatable bonds is 4. The second kappa shape index (κ2) is 6.28. The van der Waals surface area contributed by atoms with Crippen molar-refractivity contribution in [1.29, 1.82) is 0 Å². The number of carbonyl (C=O) groups excluding carboxylic acids is 1. The summed E-state index contributed by atoms with van der Waals surface area (Å²) in [6, 6.07) is 8.88. The lowest BCUT2D eigenvalue weighted by Crippen LogP contribution is -2.39. The number of benzene rings is 1. The number of hydrogen-bond acceptors (Lipinski definition) is 3. The lowest BCUT2D eigenvalue weighted by atomic mass is 10.1. The molecule has 6 heteroatoms. The van der Waals surface area contributed by atoms with Crippen molar-refractivity contribution in [2.24, 2.45) is 11.7 Å². The summed E-state index contributed by atoms with van der Waals surface area (Å²) in [4.78, 5) is 26.6. The number of nitrogens with two attached hydrogens (primary N) is 1. The molecule has 0 spiro atoms. The van der Waals surface area contributed by atoms with Crippen LogP contribution in [-0.2, 0) is 0 Å². The highest BCUT2D eigenvalue weighted by atomic mass is 35.5. The third kappa shape index (κ3) is 3.43. The predicted octanol–water partition coefficient (Wildman–Crippen LogP) is 1.42. The molecule has 1 heterocycles. The zero-order valence-electron chi connectivity index (χ0n) is 11.5. The molecule has 1 aromatic carbocycles. The van der Waals surface area contributed by atoms with E-state index in [2.05, 4.69) is 10.3 Å². The lowest BCUT2D eigenvalue weighted by Gasteiger charge is -2.11. The Morgan fingerprint density at radius 3 is 2.81 bits per heavy atom. The van der Waals surface area contributed by atoms with E-state index >= 15 is 0 Å². The average Bonchev–Trinajstić information content (AvgIpc) is 3.29. The molecule has 3 rings (SSSR count). The first-order chi connectivity index (χ1) is 9.65. The fourth-order valence-corrected chi connectivity index (χ4v) is 2.33. The van der Waals surface area contributed by atoms with Crippen molar-refractivity contribution in [3.05, 3.63) is 46.4 Å². The van der Waals surface area contributed by atoms with E-state index in [1.54, 1.807) is 18.2 Å². The lowest BCUT2D eigenvalue weighted by molar-refractivity contribution is 0.0945. The highest BCUT2D eigenvalue weighted by Crippen LogP contribution is 2.31. The van der Waals surface area contributed by atoms with Crippen molar-refractivity contribution in [2.45, 2.75) is 18.9 Å². The van der Waals surface area contributed by atoms with Crippen molar-refractivity contribution in [3.8, 4) is 0 Å². The van der Waals surface area contributed by atoms with Crippen LogP contribution in [0.4, 0.5) is 0 Å². The molecule has 0 saturated heterocycles. The molecule has 1 atom stereocenters. The highest BCUT2D eigenvalue weighted by Gasteiger charge is 2.28. The van der Waals surface area contributed by atoms with Crippen LogP contribution in [0.5, 0.6) is 0 Å². The van der Waals surface area contributed by atoms with Crippen LogP contribution in [0.15, 0.2) is 35.1 Å². The topological polar surface area (TPSA) is 88.0 Å². The van der Waals surface area contributed by atoms with Crippen LogP contribution in [0.3, 0.4) is 0 Å². The number of halogens is 1. The molecule has 1 aliphatic rings. The Kier molecular flexibility index (Phi) is 4.65. The molecule has 1 aromatic heterocycles. The van der Waals surface area contributed by atoms with E-state index in [4.69, 9.17) is 5.73 Å². The molecule has 21 heavy (non-hydrogen) atoms. The van der Waals surface area contributed by atoms with Crippen molar-refractivity contribution in [3.63, 3.8) is 0 Å². The Morgan fingerprint density at radius 1 is 1.38 bits per heavy atom. The fourth-order valence-electron chi connectivity index (χ4n) is 2.33. The maximum atomic E-state index is 12.1. The molecule has 0 aliphatic heterocycles. The fraction of sp³-hybridized carbons (Fsp3) is 0.333. The number of amides is 1. The Hall–Kier alpha value is -1.85. The third-order valence-electron chi connectivity index (χ3n) is 3.72. The Morgan fingerprint density at radius 2 is 2.10 bits per heavy atom. The van der Waals surface area contributed by atoms with Gasteiger partial charge in [0, 0.05) is 18.0 Å². The van der Waals surface area contributed by atoms with E-state index in [1.807, 2.05) is 12.1 Å². The number of hydrogen-bond donors (Lipinski definition) is 3. The number of aromatic amines is 1. The summed E-state index contributed by atoms with van der Waals surface area (Å²) in [5.41, 5.74) is 5.96.